The summed E-state index contributed by atoms with van der Waals surface area (Å²) in [4.78, 5) is 72.1. The highest BCUT2D eigenvalue weighted by Gasteiger charge is 2.44. The van der Waals surface area contributed by atoms with Crippen molar-refractivity contribution in [3.8, 4) is 5.75 Å². The van der Waals surface area contributed by atoms with E-state index in [1.165, 1.54) is 23.1 Å². The molecule has 0 spiro atoms. The SMILES string of the molecule is O=C1CCC(N2C(=O)c3ccc(OOC(=O)N4CCC4)cc3C2=O)C(=O)N1. The number of likely N-dealkylation sites (tertiary alicyclic amines) is 1. The van der Waals surface area contributed by atoms with Crippen LogP contribution >= 0.6 is 0 Å². The van der Waals surface area contributed by atoms with Crippen LogP contribution in [0.5, 0.6) is 5.75 Å². The average molecular weight is 373 g/mol. The van der Waals surface area contributed by atoms with Gasteiger partial charge in [0.2, 0.25) is 11.8 Å². The van der Waals surface area contributed by atoms with E-state index in [0.29, 0.717) is 13.1 Å². The van der Waals surface area contributed by atoms with Crippen LogP contribution in [0.4, 0.5) is 4.79 Å². The van der Waals surface area contributed by atoms with Crippen LogP contribution in [0, 0.1) is 0 Å². The molecular formula is C17H15N3O7. The summed E-state index contributed by atoms with van der Waals surface area (Å²) in [6, 6.07) is 3.00. The van der Waals surface area contributed by atoms with Crippen molar-refractivity contribution < 1.29 is 33.7 Å². The van der Waals surface area contributed by atoms with Gasteiger partial charge >= 0.3 is 6.09 Å². The Morgan fingerprint density at radius 2 is 1.81 bits per heavy atom. The minimum absolute atomic E-state index is 0.0437. The number of imide groups is 2. The average Bonchev–Trinajstić information content (AvgIpc) is 2.83. The number of hydrogen-bond donors (Lipinski definition) is 1. The molecule has 1 aromatic rings. The summed E-state index contributed by atoms with van der Waals surface area (Å²) in [7, 11) is 0. The molecule has 1 unspecified atom stereocenters. The zero-order chi connectivity index (χ0) is 19.1. The van der Waals surface area contributed by atoms with Crippen molar-refractivity contribution >= 4 is 29.7 Å². The van der Waals surface area contributed by atoms with Crippen LogP contribution in [0.2, 0.25) is 0 Å². The number of rotatable bonds is 3. The maximum atomic E-state index is 12.7. The minimum atomic E-state index is -1.04. The first-order valence-electron chi connectivity index (χ1n) is 8.45. The molecule has 0 radical (unpaired) electrons. The smallest absolute Gasteiger partial charge is 0.305 e. The molecule has 27 heavy (non-hydrogen) atoms. The lowest BCUT2D eigenvalue weighted by molar-refractivity contribution is -0.157. The molecule has 3 aliphatic heterocycles. The molecule has 3 heterocycles. The highest BCUT2D eigenvalue weighted by Crippen LogP contribution is 2.30. The lowest BCUT2D eigenvalue weighted by atomic mass is 10.0. The van der Waals surface area contributed by atoms with Gasteiger partial charge in [-0.2, -0.15) is 0 Å². The molecule has 3 aliphatic rings. The van der Waals surface area contributed by atoms with E-state index in [4.69, 9.17) is 9.78 Å². The first kappa shape index (κ1) is 17.0. The summed E-state index contributed by atoms with van der Waals surface area (Å²) in [5, 5.41) is 2.13. The third-order valence-corrected chi connectivity index (χ3v) is 4.73. The van der Waals surface area contributed by atoms with E-state index >= 15 is 0 Å². The van der Waals surface area contributed by atoms with E-state index in [1.807, 2.05) is 0 Å². The van der Waals surface area contributed by atoms with Crippen molar-refractivity contribution in [3.63, 3.8) is 0 Å². The third-order valence-electron chi connectivity index (χ3n) is 4.73. The summed E-state index contributed by atoms with van der Waals surface area (Å²) >= 11 is 0. The minimum Gasteiger partial charge on any atom is -0.305 e. The van der Waals surface area contributed by atoms with E-state index in [9.17, 15) is 24.0 Å². The van der Waals surface area contributed by atoms with Crippen LogP contribution in [-0.2, 0) is 14.5 Å². The summed E-state index contributed by atoms with van der Waals surface area (Å²) in [6.07, 6.45) is 0.396. The van der Waals surface area contributed by atoms with Gasteiger partial charge in [-0.15, -0.1) is 0 Å². The molecule has 4 rings (SSSR count). The predicted octanol–water partition coefficient (Wildman–Crippen LogP) is 0.224. The van der Waals surface area contributed by atoms with Gasteiger partial charge in [0.25, 0.3) is 11.8 Å². The molecule has 2 fully saturated rings. The highest BCUT2D eigenvalue weighted by molar-refractivity contribution is 6.23. The molecule has 0 aromatic heterocycles. The quantitative estimate of drug-likeness (QED) is 0.457. The zero-order valence-electron chi connectivity index (χ0n) is 14.1. The Hall–Kier alpha value is -3.43. The standard InChI is InChI=1S/C17H15N3O7/c21-13-5-4-12(14(22)18-13)20-15(23)10-3-2-9(8-11(10)16(20)24)26-27-17(25)19-6-1-7-19/h2-3,8,12H,1,4-7H2,(H,18,21,22). The molecule has 0 aliphatic carbocycles. The van der Waals surface area contributed by atoms with Crippen molar-refractivity contribution in [2.75, 3.05) is 13.1 Å². The number of fused-ring (bicyclic) bond motifs is 1. The molecule has 2 saturated heterocycles. The van der Waals surface area contributed by atoms with Crippen molar-refractivity contribution in [2.24, 2.45) is 0 Å². The van der Waals surface area contributed by atoms with Crippen LogP contribution in [-0.4, -0.2) is 58.7 Å². The van der Waals surface area contributed by atoms with E-state index in [2.05, 4.69) is 5.32 Å². The summed E-state index contributed by atoms with van der Waals surface area (Å²) in [5.74, 6) is -2.32. The lowest BCUT2D eigenvalue weighted by Gasteiger charge is -2.28. The number of benzene rings is 1. The second-order valence-corrected chi connectivity index (χ2v) is 6.43. The van der Waals surface area contributed by atoms with Crippen molar-refractivity contribution in [2.45, 2.75) is 25.3 Å². The Morgan fingerprint density at radius 1 is 1.07 bits per heavy atom. The molecule has 1 N–H and O–H groups in total. The topological polar surface area (TPSA) is 122 Å². The summed E-state index contributed by atoms with van der Waals surface area (Å²) in [5.41, 5.74) is 0.160. The monoisotopic (exact) mass is 373 g/mol. The number of hydrogen-bond acceptors (Lipinski definition) is 7. The number of nitrogens with zero attached hydrogens (tertiary/aromatic N) is 2. The molecule has 5 amide bonds. The fourth-order valence-corrected chi connectivity index (χ4v) is 3.14. The summed E-state index contributed by atoms with van der Waals surface area (Å²) < 4.78 is 0. The van der Waals surface area contributed by atoms with E-state index in [0.717, 1.165) is 11.3 Å². The number of amides is 5. The molecule has 0 saturated carbocycles. The molecule has 1 atom stereocenters. The maximum Gasteiger partial charge on any atom is 0.452 e. The first-order chi connectivity index (χ1) is 13.0. The predicted molar refractivity (Wildman–Crippen MR) is 86.4 cm³/mol. The second-order valence-electron chi connectivity index (χ2n) is 6.43. The number of piperidine rings is 1. The van der Waals surface area contributed by atoms with Gasteiger partial charge in [0, 0.05) is 19.5 Å². The normalized spacial score (nSPS) is 21.6. The van der Waals surface area contributed by atoms with Gasteiger partial charge in [0.1, 0.15) is 6.04 Å². The van der Waals surface area contributed by atoms with Gasteiger partial charge in [-0.1, -0.05) is 0 Å². The Kier molecular flexibility index (Phi) is 4.02. The van der Waals surface area contributed by atoms with Crippen molar-refractivity contribution in [1.82, 2.24) is 15.1 Å². The number of carbonyl (C=O) groups excluding carboxylic acids is 5. The van der Waals surface area contributed by atoms with Crippen LogP contribution < -0.4 is 10.2 Å². The van der Waals surface area contributed by atoms with Crippen molar-refractivity contribution in [1.29, 1.82) is 0 Å². The lowest BCUT2D eigenvalue weighted by Crippen LogP contribution is -2.54. The molecule has 140 valence electrons. The van der Waals surface area contributed by atoms with Gasteiger partial charge in [0.15, 0.2) is 5.75 Å². The maximum absolute atomic E-state index is 12.7. The van der Waals surface area contributed by atoms with Gasteiger partial charge < -0.3 is 4.90 Å². The second kappa shape index (κ2) is 6.38. The molecule has 10 heteroatoms. The van der Waals surface area contributed by atoms with Crippen LogP contribution in [0.3, 0.4) is 0 Å². The van der Waals surface area contributed by atoms with E-state index in [1.54, 1.807) is 0 Å². The number of nitrogens with one attached hydrogen (secondary N) is 1. The van der Waals surface area contributed by atoms with Gasteiger partial charge in [-0.05, 0) is 31.0 Å². The first-order valence-corrected chi connectivity index (χ1v) is 8.45. The third kappa shape index (κ3) is 2.88. The molecule has 1 aromatic carbocycles. The van der Waals surface area contributed by atoms with Gasteiger partial charge in [-0.3, -0.25) is 34.3 Å². The Bertz CT molecular complexity index is 877. The largest absolute Gasteiger partial charge is 0.452 e. The molecular weight excluding hydrogens is 358 g/mol. The van der Waals surface area contributed by atoms with E-state index < -0.39 is 35.8 Å². The molecule has 10 nitrogen and oxygen atoms in total. The van der Waals surface area contributed by atoms with E-state index in [-0.39, 0.29) is 29.7 Å². The Labute approximate surface area is 152 Å². The summed E-state index contributed by atoms with van der Waals surface area (Å²) in [6.45, 7) is 1.20. The van der Waals surface area contributed by atoms with Crippen molar-refractivity contribution in [3.05, 3.63) is 29.3 Å². The van der Waals surface area contributed by atoms with Gasteiger partial charge in [-0.25, -0.2) is 9.68 Å². The van der Waals surface area contributed by atoms with Crippen LogP contribution in [0.25, 0.3) is 0 Å². The highest BCUT2D eigenvalue weighted by atomic mass is 17.2. The fourth-order valence-electron chi connectivity index (χ4n) is 3.14. The van der Waals surface area contributed by atoms with Crippen LogP contribution in [0.1, 0.15) is 40.0 Å². The van der Waals surface area contributed by atoms with Crippen LogP contribution in [0.15, 0.2) is 18.2 Å². The Morgan fingerprint density at radius 3 is 2.48 bits per heavy atom. The van der Waals surface area contributed by atoms with Gasteiger partial charge in [0.05, 0.1) is 11.1 Å². The zero-order valence-corrected chi connectivity index (χ0v) is 14.1. The molecule has 0 bridgehead atoms. The Balaban J connectivity index is 1.50. The number of carbonyl (C=O) groups is 5. The fraction of sp³-hybridized carbons (Fsp3) is 0.353.